The van der Waals surface area contributed by atoms with Crippen molar-refractivity contribution in [2.24, 2.45) is 17.6 Å². The molecule has 1 amide bonds. The first kappa shape index (κ1) is 17.3. The highest BCUT2D eigenvalue weighted by Gasteiger charge is 2.13. The fourth-order valence-corrected chi connectivity index (χ4v) is 2.42. The van der Waals surface area contributed by atoms with Gasteiger partial charge in [-0.15, -0.1) is 0 Å². The van der Waals surface area contributed by atoms with Crippen molar-refractivity contribution in [1.82, 2.24) is 0 Å². The van der Waals surface area contributed by atoms with Crippen LogP contribution in [-0.4, -0.2) is 18.6 Å². The number of benzene rings is 1. The SMILES string of the molecule is CC(C)CC(CC(C)C)Nc1cccc(OCC(N)=O)c1. The molecule has 1 aromatic carbocycles. The van der Waals surface area contributed by atoms with Crippen LogP contribution in [0.1, 0.15) is 40.5 Å². The van der Waals surface area contributed by atoms with E-state index >= 15 is 0 Å². The third-order valence-corrected chi connectivity index (χ3v) is 3.10. The molecular formula is C17H28N2O2. The molecular weight excluding hydrogens is 264 g/mol. The van der Waals surface area contributed by atoms with Gasteiger partial charge >= 0.3 is 0 Å². The van der Waals surface area contributed by atoms with E-state index < -0.39 is 5.91 Å². The van der Waals surface area contributed by atoms with Crippen LogP contribution in [0.3, 0.4) is 0 Å². The smallest absolute Gasteiger partial charge is 0.255 e. The molecule has 0 unspecified atom stereocenters. The number of ether oxygens (including phenoxy) is 1. The molecule has 4 heteroatoms. The van der Waals surface area contributed by atoms with E-state index in [1.165, 1.54) is 0 Å². The lowest BCUT2D eigenvalue weighted by molar-refractivity contribution is -0.119. The molecule has 21 heavy (non-hydrogen) atoms. The largest absolute Gasteiger partial charge is 0.484 e. The summed E-state index contributed by atoms with van der Waals surface area (Å²) in [6, 6.07) is 8.12. The van der Waals surface area contributed by atoms with Crippen LogP contribution in [0, 0.1) is 11.8 Å². The van der Waals surface area contributed by atoms with Gasteiger partial charge < -0.3 is 15.8 Å². The Hall–Kier alpha value is -1.71. The molecule has 0 saturated heterocycles. The number of primary amides is 1. The predicted octanol–water partition coefficient (Wildman–Crippen LogP) is 3.42. The van der Waals surface area contributed by atoms with Crippen LogP contribution in [0.25, 0.3) is 0 Å². The van der Waals surface area contributed by atoms with E-state index in [2.05, 4.69) is 33.0 Å². The van der Waals surface area contributed by atoms with Crippen molar-refractivity contribution in [3.8, 4) is 5.75 Å². The van der Waals surface area contributed by atoms with E-state index in [0.717, 1.165) is 18.5 Å². The topological polar surface area (TPSA) is 64.3 Å². The summed E-state index contributed by atoms with van der Waals surface area (Å²) in [6.07, 6.45) is 2.26. The van der Waals surface area contributed by atoms with Crippen LogP contribution in [0.15, 0.2) is 24.3 Å². The Labute approximate surface area is 128 Å². The normalized spacial score (nSPS) is 11.2. The van der Waals surface area contributed by atoms with Crippen molar-refractivity contribution in [1.29, 1.82) is 0 Å². The van der Waals surface area contributed by atoms with Crippen LogP contribution in [0.2, 0.25) is 0 Å². The lowest BCUT2D eigenvalue weighted by Gasteiger charge is -2.23. The second-order valence-electron chi connectivity index (χ2n) is 6.38. The first-order chi connectivity index (χ1) is 9.86. The third kappa shape index (κ3) is 7.59. The quantitative estimate of drug-likeness (QED) is 0.733. The molecule has 0 aromatic heterocycles. The van der Waals surface area contributed by atoms with E-state index in [0.29, 0.717) is 23.6 Å². The molecule has 0 atom stereocenters. The first-order valence-electron chi connectivity index (χ1n) is 7.64. The number of hydrogen-bond acceptors (Lipinski definition) is 3. The standard InChI is InChI=1S/C17H28N2O2/c1-12(2)8-15(9-13(3)4)19-14-6-5-7-16(10-14)21-11-17(18)20/h5-7,10,12-13,15,19H,8-9,11H2,1-4H3,(H2,18,20). The number of rotatable bonds is 9. The minimum absolute atomic E-state index is 0.0924. The van der Waals surface area contributed by atoms with E-state index in [1.807, 2.05) is 24.3 Å². The zero-order valence-electron chi connectivity index (χ0n) is 13.6. The van der Waals surface area contributed by atoms with Crippen molar-refractivity contribution in [2.45, 2.75) is 46.6 Å². The van der Waals surface area contributed by atoms with Gasteiger partial charge in [0.05, 0.1) is 0 Å². The number of anilines is 1. The average Bonchev–Trinajstić information content (AvgIpc) is 2.35. The van der Waals surface area contributed by atoms with Gasteiger partial charge in [-0.3, -0.25) is 4.79 Å². The molecule has 1 aromatic rings. The first-order valence-corrected chi connectivity index (χ1v) is 7.64. The molecule has 0 fully saturated rings. The summed E-state index contributed by atoms with van der Waals surface area (Å²) in [4.78, 5) is 10.8. The van der Waals surface area contributed by atoms with Crippen LogP contribution < -0.4 is 15.8 Å². The Morgan fingerprint density at radius 1 is 1.19 bits per heavy atom. The van der Waals surface area contributed by atoms with E-state index in [1.54, 1.807) is 0 Å². The van der Waals surface area contributed by atoms with Crippen molar-refractivity contribution in [3.63, 3.8) is 0 Å². The molecule has 0 aliphatic carbocycles. The van der Waals surface area contributed by atoms with Crippen LogP contribution in [0.5, 0.6) is 5.75 Å². The molecule has 118 valence electrons. The molecule has 0 aliphatic heterocycles. The van der Waals surface area contributed by atoms with Crippen LogP contribution in [0.4, 0.5) is 5.69 Å². The maximum absolute atomic E-state index is 10.8. The van der Waals surface area contributed by atoms with Gasteiger partial charge in [0.25, 0.3) is 5.91 Å². The molecule has 1 rings (SSSR count). The van der Waals surface area contributed by atoms with Gasteiger partial charge in [-0.2, -0.15) is 0 Å². The van der Waals surface area contributed by atoms with Crippen LogP contribution in [-0.2, 0) is 4.79 Å². The van der Waals surface area contributed by atoms with E-state index in [-0.39, 0.29) is 6.61 Å². The highest BCUT2D eigenvalue weighted by Crippen LogP contribution is 2.22. The van der Waals surface area contributed by atoms with Gasteiger partial charge in [0.15, 0.2) is 6.61 Å². The zero-order valence-corrected chi connectivity index (χ0v) is 13.6. The van der Waals surface area contributed by atoms with E-state index in [4.69, 9.17) is 10.5 Å². The minimum atomic E-state index is -0.467. The molecule has 0 radical (unpaired) electrons. The molecule has 0 heterocycles. The number of hydrogen-bond donors (Lipinski definition) is 2. The summed E-state index contributed by atoms with van der Waals surface area (Å²) in [6.45, 7) is 8.86. The average molecular weight is 292 g/mol. The second-order valence-corrected chi connectivity index (χ2v) is 6.38. The Morgan fingerprint density at radius 2 is 1.81 bits per heavy atom. The third-order valence-electron chi connectivity index (χ3n) is 3.10. The summed E-state index contributed by atoms with van der Waals surface area (Å²) in [5.74, 6) is 1.49. The van der Waals surface area contributed by atoms with Crippen molar-refractivity contribution < 1.29 is 9.53 Å². The summed E-state index contributed by atoms with van der Waals surface area (Å²) < 4.78 is 5.34. The highest BCUT2D eigenvalue weighted by atomic mass is 16.5. The molecule has 0 aliphatic rings. The van der Waals surface area contributed by atoms with Crippen molar-refractivity contribution in [2.75, 3.05) is 11.9 Å². The number of nitrogens with two attached hydrogens (primary N) is 1. The maximum Gasteiger partial charge on any atom is 0.255 e. The Balaban J connectivity index is 2.69. The predicted molar refractivity (Wildman–Crippen MR) is 87.5 cm³/mol. The van der Waals surface area contributed by atoms with Gasteiger partial charge in [-0.05, 0) is 36.8 Å². The Kier molecular flexibility index (Phi) is 7.06. The van der Waals surface area contributed by atoms with Gasteiger partial charge in [0.2, 0.25) is 0 Å². The number of amides is 1. The number of carbonyl (C=O) groups is 1. The minimum Gasteiger partial charge on any atom is -0.484 e. The molecule has 0 bridgehead atoms. The summed E-state index contributed by atoms with van der Waals surface area (Å²) in [5, 5.41) is 3.57. The lowest BCUT2D eigenvalue weighted by atomic mass is 9.95. The van der Waals surface area contributed by atoms with Gasteiger partial charge in [0, 0.05) is 17.8 Å². The lowest BCUT2D eigenvalue weighted by Crippen LogP contribution is -2.23. The van der Waals surface area contributed by atoms with Crippen LogP contribution >= 0.6 is 0 Å². The van der Waals surface area contributed by atoms with Gasteiger partial charge in [-0.25, -0.2) is 0 Å². The molecule has 4 nitrogen and oxygen atoms in total. The van der Waals surface area contributed by atoms with Crippen molar-refractivity contribution >= 4 is 11.6 Å². The number of carbonyl (C=O) groups excluding carboxylic acids is 1. The van der Waals surface area contributed by atoms with Gasteiger partial charge in [0.1, 0.15) is 5.75 Å². The Morgan fingerprint density at radius 3 is 2.33 bits per heavy atom. The monoisotopic (exact) mass is 292 g/mol. The molecule has 0 saturated carbocycles. The Bertz CT molecular complexity index is 434. The fraction of sp³-hybridized carbons (Fsp3) is 0.588. The second kappa shape index (κ2) is 8.55. The summed E-state index contributed by atoms with van der Waals surface area (Å²) >= 11 is 0. The van der Waals surface area contributed by atoms with Crippen molar-refractivity contribution in [3.05, 3.63) is 24.3 Å². The molecule has 0 spiro atoms. The summed E-state index contributed by atoms with van der Waals surface area (Å²) in [7, 11) is 0. The maximum atomic E-state index is 10.8. The highest BCUT2D eigenvalue weighted by molar-refractivity contribution is 5.75. The zero-order chi connectivity index (χ0) is 15.8. The van der Waals surface area contributed by atoms with Gasteiger partial charge in [-0.1, -0.05) is 33.8 Å². The van der Waals surface area contributed by atoms with E-state index in [9.17, 15) is 4.79 Å². The fourth-order valence-electron chi connectivity index (χ4n) is 2.42. The summed E-state index contributed by atoms with van der Waals surface area (Å²) in [5.41, 5.74) is 6.11. The number of nitrogens with one attached hydrogen (secondary N) is 1. The molecule has 3 N–H and O–H groups in total.